The fraction of sp³-hybridized carbons (Fsp3) is 0.571. The van der Waals surface area contributed by atoms with Crippen LogP contribution < -0.4 is 5.32 Å². The van der Waals surface area contributed by atoms with E-state index in [1.165, 1.54) is 18.2 Å². The van der Waals surface area contributed by atoms with Gasteiger partial charge in [-0.25, -0.2) is 4.39 Å². The molecule has 1 aromatic rings. The summed E-state index contributed by atoms with van der Waals surface area (Å²) >= 11 is 5.72. The molecule has 0 bridgehead atoms. The topological polar surface area (TPSA) is 29.1 Å². The van der Waals surface area contributed by atoms with Gasteiger partial charge in [0.15, 0.2) is 0 Å². The second kappa shape index (κ2) is 7.98. The first-order valence-corrected chi connectivity index (χ1v) is 8.22. The smallest absolute Gasteiger partial charge is 0.141 e. The average molecular weight is 306 g/mol. The molecule has 0 aliphatic heterocycles. The van der Waals surface area contributed by atoms with Crippen LogP contribution in [0.25, 0.3) is 0 Å². The van der Waals surface area contributed by atoms with Crippen LogP contribution >= 0.6 is 11.6 Å². The molecule has 0 aromatic heterocycles. The van der Waals surface area contributed by atoms with Gasteiger partial charge >= 0.3 is 0 Å². The number of benzene rings is 1. The van der Waals surface area contributed by atoms with Crippen LogP contribution in [0.5, 0.6) is 0 Å². The maximum Gasteiger partial charge on any atom is 0.141 e. The standard InChI is InChI=1S/C14H21ClFNOS/c1-4-7-17-14(10(2)3)9-19(18)11-5-6-13(16)12(15)8-11/h5-6,8,10,14,17H,4,7,9H2,1-3H3. The summed E-state index contributed by atoms with van der Waals surface area (Å²) in [7, 11) is -1.17. The first-order chi connectivity index (χ1) is 8.95. The van der Waals surface area contributed by atoms with Gasteiger partial charge in [-0.05, 0) is 37.1 Å². The van der Waals surface area contributed by atoms with Crippen molar-refractivity contribution < 1.29 is 8.60 Å². The zero-order chi connectivity index (χ0) is 14.4. The van der Waals surface area contributed by atoms with Gasteiger partial charge < -0.3 is 5.32 Å². The fourth-order valence-electron chi connectivity index (χ4n) is 1.69. The van der Waals surface area contributed by atoms with Gasteiger partial charge in [0.25, 0.3) is 0 Å². The van der Waals surface area contributed by atoms with Gasteiger partial charge in [-0.3, -0.25) is 4.21 Å². The number of hydrogen-bond acceptors (Lipinski definition) is 2. The van der Waals surface area contributed by atoms with Crippen LogP contribution in [0.1, 0.15) is 27.2 Å². The largest absolute Gasteiger partial charge is 0.313 e. The Bertz CT molecular complexity index is 439. The maximum atomic E-state index is 13.1. The Morgan fingerprint density at radius 2 is 2.11 bits per heavy atom. The summed E-state index contributed by atoms with van der Waals surface area (Å²) in [5.74, 6) is 0.429. The highest BCUT2D eigenvalue weighted by molar-refractivity contribution is 7.85. The molecular weight excluding hydrogens is 285 g/mol. The molecule has 1 aromatic carbocycles. The molecule has 0 saturated heterocycles. The van der Waals surface area contributed by atoms with Crippen molar-refractivity contribution in [1.82, 2.24) is 5.32 Å². The zero-order valence-corrected chi connectivity index (χ0v) is 13.2. The third kappa shape index (κ3) is 5.21. The highest BCUT2D eigenvalue weighted by atomic mass is 35.5. The number of halogens is 2. The van der Waals surface area contributed by atoms with Gasteiger partial charge in [-0.1, -0.05) is 32.4 Å². The Balaban J connectivity index is 2.73. The normalized spacial score (nSPS) is 14.6. The van der Waals surface area contributed by atoms with Crippen molar-refractivity contribution in [3.05, 3.63) is 29.0 Å². The zero-order valence-electron chi connectivity index (χ0n) is 11.6. The molecule has 2 unspecified atom stereocenters. The van der Waals surface area contributed by atoms with Crippen LogP contribution in [0.2, 0.25) is 5.02 Å². The van der Waals surface area contributed by atoms with Crippen molar-refractivity contribution in [2.45, 2.75) is 38.1 Å². The van der Waals surface area contributed by atoms with Crippen molar-refractivity contribution in [1.29, 1.82) is 0 Å². The molecule has 0 spiro atoms. The highest BCUT2D eigenvalue weighted by Crippen LogP contribution is 2.19. The number of rotatable bonds is 7. The van der Waals surface area contributed by atoms with Crippen LogP contribution in [-0.2, 0) is 10.8 Å². The Morgan fingerprint density at radius 1 is 1.42 bits per heavy atom. The first-order valence-electron chi connectivity index (χ1n) is 6.52. The highest BCUT2D eigenvalue weighted by Gasteiger charge is 2.17. The molecule has 0 heterocycles. The number of nitrogens with one attached hydrogen (secondary N) is 1. The molecule has 0 aliphatic carbocycles. The van der Waals surface area contributed by atoms with Gasteiger partial charge in [-0.2, -0.15) is 0 Å². The molecule has 1 N–H and O–H groups in total. The van der Waals surface area contributed by atoms with Crippen LogP contribution in [-0.4, -0.2) is 22.5 Å². The van der Waals surface area contributed by atoms with E-state index in [2.05, 4.69) is 26.1 Å². The Morgan fingerprint density at radius 3 is 2.63 bits per heavy atom. The molecule has 2 nitrogen and oxygen atoms in total. The molecule has 0 saturated carbocycles. The van der Waals surface area contributed by atoms with Crippen molar-refractivity contribution in [3.8, 4) is 0 Å². The summed E-state index contributed by atoms with van der Waals surface area (Å²) < 4.78 is 25.4. The van der Waals surface area contributed by atoms with E-state index >= 15 is 0 Å². The van der Waals surface area contributed by atoms with Crippen molar-refractivity contribution in [2.24, 2.45) is 5.92 Å². The van der Waals surface area contributed by atoms with E-state index in [1.807, 2.05) is 0 Å². The lowest BCUT2D eigenvalue weighted by Crippen LogP contribution is -2.38. The summed E-state index contributed by atoms with van der Waals surface area (Å²) in [5, 5.41) is 3.42. The van der Waals surface area contributed by atoms with E-state index in [9.17, 15) is 8.60 Å². The lowest BCUT2D eigenvalue weighted by Gasteiger charge is -2.21. The lowest BCUT2D eigenvalue weighted by molar-refractivity contribution is 0.431. The molecule has 108 valence electrons. The summed E-state index contributed by atoms with van der Waals surface area (Å²) in [5.41, 5.74) is 0. The average Bonchev–Trinajstić information content (AvgIpc) is 2.37. The number of hydrogen-bond donors (Lipinski definition) is 1. The molecule has 19 heavy (non-hydrogen) atoms. The molecule has 5 heteroatoms. The van der Waals surface area contributed by atoms with E-state index < -0.39 is 16.6 Å². The Hall–Kier alpha value is -0.450. The molecule has 0 aliphatic rings. The minimum Gasteiger partial charge on any atom is -0.313 e. The molecule has 0 amide bonds. The molecule has 1 rings (SSSR count). The maximum absolute atomic E-state index is 13.1. The van der Waals surface area contributed by atoms with Crippen molar-refractivity contribution >= 4 is 22.4 Å². The minimum atomic E-state index is -1.17. The van der Waals surface area contributed by atoms with Crippen LogP contribution in [0.15, 0.2) is 23.1 Å². The fourth-order valence-corrected chi connectivity index (χ4v) is 3.43. The van der Waals surface area contributed by atoms with Crippen LogP contribution in [0.3, 0.4) is 0 Å². The summed E-state index contributed by atoms with van der Waals surface area (Å²) in [6.45, 7) is 7.20. The predicted molar refractivity (Wildman–Crippen MR) is 79.6 cm³/mol. The quantitative estimate of drug-likeness (QED) is 0.834. The summed E-state index contributed by atoms with van der Waals surface area (Å²) in [6.07, 6.45) is 1.04. The van der Waals surface area contributed by atoms with Gasteiger partial charge in [0.2, 0.25) is 0 Å². The van der Waals surface area contributed by atoms with E-state index in [4.69, 9.17) is 11.6 Å². The van der Waals surface area contributed by atoms with Gasteiger partial charge in [0.05, 0.1) is 15.8 Å². The molecule has 2 atom stereocenters. The Kier molecular flexibility index (Phi) is 6.97. The second-order valence-corrected chi connectivity index (χ2v) is 6.80. The predicted octanol–water partition coefficient (Wildman–Crippen LogP) is 3.61. The van der Waals surface area contributed by atoms with E-state index in [0.717, 1.165) is 13.0 Å². The monoisotopic (exact) mass is 305 g/mol. The molecule has 0 radical (unpaired) electrons. The SMILES string of the molecule is CCCNC(CS(=O)c1ccc(F)c(Cl)c1)C(C)C. The van der Waals surface area contributed by atoms with Gasteiger partial charge in [0.1, 0.15) is 5.82 Å². The molecule has 0 fully saturated rings. The van der Waals surface area contributed by atoms with E-state index in [-0.39, 0.29) is 11.1 Å². The van der Waals surface area contributed by atoms with Gasteiger partial charge in [-0.15, -0.1) is 0 Å². The Labute approximate surface area is 122 Å². The van der Waals surface area contributed by atoms with E-state index in [0.29, 0.717) is 16.6 Å². The van der Waals surface area contributed by atoms with Crippen molar-refractivity contribution in [2.75, 3.05) is 12.3 Å². The molecular formula is C14H21ClFNOS. The summed E-state index contributed by atoms with van der Waals surface area (Å²) in [4.78, 5) is 0.579. The summed E-state index contributed by atoms with van der Waals surface area (Å²) in [6, 6.07) is 4.43. The van der Waals surface area contributed by atoms with Crippen LogP contribution in [0, 0.1) is 11.7 Å². The van der Waals surface area contributed by atoms with Gasteiger partial charge in [0, 0.05) is 16.7 Å². The first kappa shape index (κ1) is 16.6. The van der Waals surface area contributed by atoms with Crippen LogP contribution in [0.4, 0.5) is 4.39 Å². The minimum absolute atomic E-state index is 0.0217. The second-order valence-electron chi connectivity index (χ2n) is 4.89. The lowest BCUT2D eigenvalue weighted by atomic mass is 10.1. The van der Waals surface area contributed by atoms with E-state index in [1.54, 1.807) is 0 Å². The third-order valence-corrected chi connectivity index (χ3v) is 4.68. The van der Waals surface area contributed by atoms with Crippen molar-refractivity contribution in [3.63, 3.8) is 0 Å². The third-order valence-electron chi connectivity index (χ3n) is 2.95.